The molecule has 0 rings (SSSR count). The highest BCUT2D eigenvalue weighted by Gasteiger charge is 1.67. The Morgan fingerprint density at radius 2 is 2.00 bits per heavy atom. The van der Waals surface area contributed by atoms with Gasteiger partial charge >= 0.3 is 0 Å². The van der Waals surface area contributed by atoms with E-state index in [4.69, 9.17) is 5.73 Å². The smallest absolute Gasteiger partial charge is 0.00774 e. The van der Waals surface area contributed by atoms with Crippen LogP contribution in [0, 0.1) is 0 Å². The Balaban J connectivity index is 0. The molecule has 0 aromatic carbocycles. The topological polar surface area (TPSA) is 26.0 Å². The molecular weight excluding hydrogens is 97.5 g/mol. The van der Waals surface area contributed by atoms with E-state index in [0.29, 0.717) is 0 Å². The second kappa shape index (κ2) is 8.98. The molecule has 6 heavy (non-hydrogen) atoms. The van der Waals surface area contributed by atoms with Gasteiger partial charge in [0.25, 0.3) is 0 Å². The van der Waals surface area contributed by atoms with Crippen LogP contribution in [-0.2, 0) is 0 Å². The Morgan fingerprint density at radius 3 is 2.00 bits per heavy atom. The van der Waals surface area contributed by atoms with E-state index in [2.05, 4.69) is 6.92 Å². The van der Waals surface area contributed by atoms with Gasteiger partial charge in [0.05, 0.1) is 0 Å². The largest absolute Gasteiger partial charge is 0.330 e. The molecule has 2 heteroatoms. The quantitative estimate of drug-likeness (QED) is 0.566. The van der Waals surface area contributed by atoms with E-state index >= 15 is 0 Å². The van der Waals surface area contributed by atoms with Crippen LogP contribution in [-0.4, -0.2) is 6.54 Å². The Labute approximate surface area is 45.3 Å². The predicted molar refractivity (Wildman–Crippen MR) is 31.2 cm³/mol. The van der Waals surface area contributed by atoms with Gasteiger partial charge in [0.15, 0.2) is 0 Å². The van der Waals surface area contributed by atoms with Crippen LogP contribution in [0.3, 0.4) is 0 Å². The average Bonchev–Trinajstić information content (AvgIpc) is 1.41. The Bertz CT molecular complexity index is 15.0. The first-order valence-electron chi connectivity index (χ1n) is 2.12. The van der Waals surface area contributed by atoms with Gasteiger partial charge in [-0.1, -0.05) is 13.3 Å². The summed E-state index contributed by atoms with van der Waals surface area (Å²) in [4.78, 5) is 0. The standard InChI is InChI=1S/C4H11N.ClH/c1-2-3-4-5;/h2-5H2,1H3;1H. The third kappa shape index (κ3) is 8.87. The van der Waals surface area contributed by atoms with Crippen LogP contribution in [0.2, 0.25) is 0 Å². The molecule has 40 valence electrons. The lowest BCUT2D eigenvalue weighted by molar-refractivity contribution is 0.807. The van der Waals surface area contributed by atoms with Gasteiger partial charge in [-0.25, -0.2) is 0 Å². The Kier molecular flexibility index (Phi) is 14.3. The number of unbranched alkanes of at least 4 members (excludes halogenated alkanes) is 1. The Morgan fingerprint density at radius 1 is 1.50 bits per heavy atom. The summed E-state index contributed by atoms with van der Waals surface area (Å²) in [6.45, 7) is 2.98. The van der Waals surface area contributed by atoms with Crippen molar-refractivity contribution in [3.05, 3.63) is 0 Å². The zero-order chi connectivity index (χ0) is 4.12. The van der Waals surface area contributed by atoms with Gasteiger partial charge in [-0.3, -0.25) is 0 Å². The normalized spacial score (nSPS) is 7.00. The molecule has 2 N–H and O–H groups in total. The van der Waals surface area contributed by atoms with Crippen LogP contribution < -0.4 is 5.73 Å². The van der Waals surface area contributed by atoms with E-state index in [-0.39, 0.29) is 12.4 Å². The van der Waals surface area contributed by atoms with E-state index in [1.807, 2.05) is 0 Å². The molecule has 0 aromatic heterocycles. The number of rotatable bonds is 2. The molecule has 0 amide bonds. The lowest BCUT2D eigenvalue weighted by atomic mass is 10.3. The van der Waals surface area contributed by atoms with Gasteiger partial charge in [0, 0.05) is 0 Å². The van der Waals surface area contributed by atoms with Gasteiger partial charge in [0.1, 0.15) is 0 Å². The number of hydrogen-bond acceptors (Lipinski definition) is 1. The van der Waals surface area contributed by atoms with E-state index < -0.39 is 0 Å². The van der Waals surface area contributed by atoms with Crippen molar-refractivity contribution < 1.29 is 0 Å². The molecule has 0 saturated carbocycles. The molecule has 0 unspecified atom stereocenters. The lowest BCUT2D eigenvalue weighted by Gasteiger charge is -1.80. The van der Waals surface area contributed by atoms with Crippen LogP contribution in [0.5, 0.6) is 0 Å². The first-order chi connectivity index (χ1) is 2.41. The van der Waals surface area contributed by atoms with Crippen molar-refractivity contribution in [3.8, 4) is 0 Å². The summed E-state index contributed by atoms with van der Waals surface area (Å²) in [5, 5.41) is 0. The minimum Gasteiger partial charge on any atom is -0.330 e. The van der Waals surface area contributed by atoms with Crippen molar-refractivity contribution in [1.82, 2.24) is 0 Å². The molecule has 1 nitrogen and oxygen atoms in total. The molecule has 0 aliphatic rings. The molecule has 0 heterocycles. The van der Waals surface area contributed by atoms with Gasteiger partial charge in [-0.05, 0) is 13.0 Å². The van der Waals surface area contributed by atoms with E-state index in [9.17, 15) is 0 Å². The number of nitrogens with two attached hydrogens (primary N) is 1. The molecule has 0 saturated heterocycles. The fourth-order valence-corrected chi connectivity index (χ4v) is 0.204. The summed E-state index contributed by atoms with van der Waals surface area (Å²) < 4.78 is 0. The lowest BCUT2D eigenvalue weighted by Crippen LogP contribution is -1.95. The van der Waals surface area contributed by atoms with E-state index in [1.165, 1.54) is 12.8 Å². The van der Waals surface area contributed by atoms with Gasteiger partial charge in [-0.15, -0.1) is 12.4 Å². The predicted octanol–water partition coefficient (Wildman–Crippen LogP) is 1.17. The molecule has 0 aliphatic carbocycles. The molecule has 0 fully saturated rings. The van der Waals surface area contributed by atoms with Crippen molar-refractivity contribution in [3.63, 3.8) is 0 Å². The van der Waals surface area contributed by atoms with Crippen molar-refractivity contribution in [2.24, 2.45) is 5.73 Å². The van der Waals surface area contributed by atoms with E-state index in [1.54, 1.807) is 0 Å². The van der Waals surface area contributed by atoms with Crippen molar-refractivity contribution >= 4 is 12.4 Å². The number of halogens is 1. The summed E-state index contributed by atoms with van der Waals surface area (Å²) in [7, 11) is 0. The maximum absolute atomic E-state index is 5.14. The second-order valence-electron chi connectivity index (χ2n) is 1.14. The summed E-state index contributed by atoms with van der Waals surface area (Å²) in [5.74, 6) is 0. The summed E-state index contributed by atoms with van der Waals surface area (Å²) in [6.07, 6.45) is 2.39. The zero-order valence-electron chi connectivity index (χ0n) is 4.11. The molecule has 0 spiro atoms. The fraction of sp³-hybridized carbons (Fsp3) is 1.00. The van der Waals surface area contributed by atoms with Crippen LogP contribution in [0.4, 0.5) is 0 Å². The molecule has 0 radical (unpaired) electrons. The van der Waals surface area contributed by atoms with Crippen molar-refractivity contribution in [2.45, 2.75) is 19.8 Å². The first kappa shape index (κ1) is 9.54. The van der Waals surface area contributed by atoms with Crippen molar-refractivity contribution in [1.29, 1.82) is 0 Å². The fourth-order valence-electron chi connectivity index (χ4n) is 0.204. The van der Waals surface area contributed by atoms with Crippen LogP contribution >= 0.6 is 12.4 Å². The van der Waals surface area contributed by atoms with Gasteiger partial charge < -0.3 is 5.73 Å². The van der Waals surface area contributed by atoms with Crippen LogP contribution in [0.25, 0.3) is 0 Å². The van der Waals surface area contributed by atoms with Crippen LogP contribution in [0.15, 0.2) is 0 Å². The van der Waals surface area contributed by atoms with E-state index in [0.717, 1.165) is 6.54 Å². The molecular formula is C4H12ClN. The SMILES string of the molecule is CCCCN.Cl. The minimum absolute atomic E-state index is 0. The highest BCUT2D eigenvalue weighted by Crippen LogP contribution is 1.77. The second-order valence-corrected chi connectivity index (χ2v) is 1.14. The average molecular weight is 110 g/mol. The minimum atomic E-state index is 0. The van der Waals surface area contributed by atoms with Crippen LogP contribution in [0.1, 0.15) is 19.8 Å². The first-order valence-corrected chi connectivity index (χ1v) is 2.12. The molecule has 0 aromatic rings. The summed E-state index contributed by atoms with van der Waals surface area (Å²) in [5.41, 5.74) is 5.14. The highest BCUT2D eigenvalue weighted by atomic mass is 35.5. The van der Waals surface area contributed by atoms with Crippen molar-refractivity contribution in [2.75, 3.05) is 6.54 Å². The zero-order valence-corrected chi connectivity index (χ0v) is 4.92. The monoisotopic (exact) mass is 109 g/mol. The summed E-state index contributed by atoms with van der Waals surface area (Å²) >= 11 is 0. The summed E-state index contributed by atoms with van der Waals surface area (Å²) in [6, 6.07) is 0. The maximum Gasteiger partial charge on any atom is -0.00774 e. The molecule has 0 bridgehead atoms. The van der Waals surface area contributed by atoms with Gasteiger partial charge in [0.2, 0.25) is 0 Å². The number of hydrogen-bond donors (Lipinski definition) is 1. The molecule has 0 aliphatic heterocycles. The maximum atomic E-state index is 5.14. The highest BCUT2D eigenvalue weighted by molar-refractivity contribution is 5.85. The van der Waals surface area contributed by atoms with Gasteiger partial charge in [-0.2, -0.15) is 0 Å². The third-order valence-electron chi connectivity index (χ3n) is 0.558. The third-order valence-corrected chi connectivity index (χ3v) is 0.558. The Hall–Kier alpha value is 0.250. The molecule has 0 atom stereocenters.